The van der Waals surface area contributed by atoms with Gasteiger partial charge in [-0.25, -0.2) is 0 Å². The molecule has 0 heterocycles. The van der Waals surface area contributed by atoms with Gasteiger partial charge in [-0.1, -0.05) is 49.4 Å². The molecule has 0 bridgehead atoms. The fourth-order valence-electron chi connectivity index (χ4n) is 2.65. The zero-order chi connectivity index (χ0) is 17.2. The van der Waals surface area contributed by atoms with Crippen molar-refractivity contribution in [3.05, 3.63) is 65.7 Å². The van der Waals surface area contributed by atoms with Crippen LogP contribution in [0.4, 0.5) is 0 Å². The van der Waals surface area contributed by atoms with Gasteiger partial charge in [-0.15, -0.1) is 11.8 Å². The van der Waals surface area contributed by atoms with Crippen molar-refractivity contribution < 1.29 is 9.90 Å². The lowest BCUT2D eigenvalue weighted by Crippen LogP contribution is -2.31. The smallest absolute Gasteiger partial charge is 0.303 e. The highest BCUT2D eigenvalue weighted by atomic mass is 32.2. The summed E-state index contributed by atoms with van der Waals surface area (Å²) in [5.41, 5.74) is 2.47. The molecule has 2 rings (SSSR count). The Morgan fingerprint density at radius 3 is 2.58 bits per heavy atom. The number of benzene rings is 2. The van der Waals surface area contributed by atoms with E-state index in [1.54, 1.807) is 0 Å². The Labute approximate surface area is 148 Å². The van der Waals surface area contributed by atoms with Gasteiger partial charge in [-0.2, -0.15) is 0 Å². The number of aliphatic carboxylic acids is 1. The highest BCUT2D eigenvalue weighted by Gasteiger charge is 2.11. The second-order valence-electron chi connectivity index (χ2n) is 5.78. The molecular weight excluding hydrogens is 318 g/mol. The molecule has 0 saturated carbocycles. The molecule has 128 valence electrons. The van der Waals surface area contributed by atoms with Gasteiger partial charge in [0, 0.05) is 23.9 Å². The van der Waals surface area contributed by atoms with Gasteiger partial charge in [-0.05, 0) is 41.9 Å². The van der Waals surface area contributed by atoms with E-state index in [1.165, 1.54) is 16.0 Å². The van der Waals surface area contributed by atoms with Crippen molar-refractivity contribution >= 4 is 17.7 Å². The summed E-state index contributed by atoms with van der Waals surface area (Å²) in [5, 5.41) is 12.5. The van der Waals surface area contributed by atoms with E-state index in [9.17, 15) is 4.79 Å². The standard InChI is InChI=1S/C20H25NO2S/c1-2-24-19-10-6-9-17(14-19)15-21-18(11-12-20(22)23)13-16-7-4-3-5-8-16/h3-10,14,18,21H,2,11-13,15H2,1H3,(H,22,23). The molecule has 0 aliphatic rings. The predicted molar refractivity (Wildman–Crippen MR) is 100 cm³/mol. The van der Waals surface area contributed by atoms with Gasteiger partial charge < -0.3 is 10.4 Å². The Morgan fingerprint density at radius 2 is 1.88 bits per heavy atom. The zero-order valence-electron chi connectivity index (χ0n) is 14.1. The minimum absolute atomic E-state index is 0.158. The van der Waals surface area contributed by atoms with Gasteiger partial charge in [0.05, 0.1) is 0 Å². The summed E-state index contributed by atoms with van der Waals surface area (Å²) < 4.78 is 0. The fourth-order valence-corrected chi connectivity index (χ4v) is 3.39. The second kappa shape index (κ2) is 10.2. The maximum absolute atomic E-state index is 10.9. The molecule has 2 aromatic rings. The molecule has 0 aliphatic carbocycles. The summed E-state index contributed by atoms with van der Waals surface area (Å²) in [4.78, 5) is 12.2. The van der Waals surface area contributed by atoms with Gasteiger partial charge >= 0.3 is 5.97 Å². The summed E-state index contributed by atoms with van der Waals surface area (Å²) in [7, 11) is 0. The number of thioether (sulfide) groups is 1. The normalized spacial score (nSPS) is 12.0. The first kappa shape index (κ1) is 18.6. The maximum atomic E-state index is 10.9. The van der Waals surface area contributed by atoms with Gasteiger partial charge in [0.15, 0.2) is 0 Å². The van der Waals surface area contributed by atoms with Gasteiger partial charge in [0.1, 0.15) is 0 Å². The first-order valence-electron chi connectivity index (χ1n) is 8.38. The van der Waals surface area contributed by atoms with Crippen molar-refractivity contribution in [2.75, 3.05) is 5.75 Å². The third-order valence-corrected chi connectivity index (χ3v) is 4.71. The second-order valence-corrected chi connectivity index (χ2v) is 7.12. The highest BCUT2D eigenvalue weighted by Crippen LogP contribution is 2.19. The molecule has 0 spiro atoms. The lowest BCUT2D eigenvalue weighted by atomic mass is 10.0. The van der Waals surface area contributed by atoms with E-state index >= 15 is 0 Å². The lowest BCUT2D eigenvalue weighted by Gasteiger charge is -2.18. The van der Waals surface area contributed by atoms with Crippen LogP contribution in [0.15, 0.2) is 59.5 Å². The molecule has 0 aliphatic heterocycles. The Morgan fingerprint density at radius 1 is 1.12 bits per heavy atom. The molecular formula is C20H25NO2S. The number of rotatable bonds is 10. The van der Waals surface area contributed by atoms with Crippen molar-refractivity contribution in [2.24, 2.45) is 0 Å². The molecule has 4 heteroatoms. The number of carbonyl (C=O) groups is 1. The van der Waals surface area contributed by atoms with Crippen LogP contribution < -0.4 is 5.32 Å². The third-order valence-electron chi connectivity index (χ3n) is 3.84. The lowest BCUT2D eigenvalue weighted by molar-refractivity contribution is -0.137. The Hall–Kier alpha value is -1.78. The van der Waals surface area contributed by atoms with Crippen molar-refractivity contribution in [1.29, 1.82) is 0 Å². The largest absolute Gasteiger partial charge is 0.481 e. The first-order chi connectivity index (χ1) is 11.7. The Bertz CT molecular complexity index is 631. The quantitative estimate of drug-likeness (QED) is 0.629. The SMILES string of the molecule is CCSc1cccc(CNC(CCC(=O)O)Cc2ccccc2)c1. The summed E-state index contributed by atoms with van der Waals surface area (Å²) >= 11 is 1.84. The van der Waals surface area contributed by atoms with Crippen LogP contribution in [0.2, 0.25) is 0 Å². The topological polar surface area (TPSA) is 49.3 Å². The number of carboxylic acid groups (broad SMARTS) is 1. The molecule has 0 saturated heterocycles. The molecule has 1 unspecified atom stereocenters. The molecule has 0 amide bonds. The van der Waals surface area contributed by atoms with Crippen LogP contribution in [0.1, 0.15) is 30.9 Å². The van der Waals surface area contributed by atoms with E-state index in [0.717, 1.165) is 18.7 Å². The number of hydrogen-bond acceptors (Lipinski definition) is 3. The Balaban J connectivity index is 1.96. The highest BCUT2D eigenvalue weighted by molar-refractivity contribution is 7.99. The molecule has 3 nitrogen and oxygen atoms in total. The Kier molecular flexibility index (Phi) is 7.86. The molecule has 2 aromatic carbocycles. The molecule has 0 aromatic heterocycles. The van der Waals surface area contributed by atoms with Crippen LogP contribution in [-0.2, 0) is 17.8 Å². The third kappa shape index (κ3) is 6.77. The molecule has 2 N–H and O–H groups in total. The molecule has 0 radical (unpaired) electrons. The number of nitrogens with one attached hydrogen (secondary N) is 1. The van der Waals surface area contributed by atoms with E-state index in [1.807, 2.05) is 30.0 Å². The van der Waals surface area contributed by atoms with Crippen molar-refractivity contribution in [2.45, 2.75) is 43.7 Å². The molecule has 1 atom stereocenters. The van der Waals surface area contributed by atoms with Crippen LogP contribution >= 0.6 is 11.8 Å². The summed E-state index contributed by atoms with van der Waals surface area (Å²) in [6, 6.07) is 18.9. The van der Waals surface area contributed by atoms with Crippen molar-refractivity contribution in [3.8, 4) is 0 Å². The predicted octanol–water partition coefficient (Wildman–Crippen LogP) is 4.36. The van der Waals surface area contributed by atoms with Crippen LogP contribution in [0.3, 0.4) is 0 Å². The number of hydrogen-bond donors (Lipinski definition) is 2. The number of carboxylic acids is 1. The minimum atomic E-state index is -0.740. The summed E-state index contributed by atoms with van der Waals surface area (Å²) in [5.74, 6) is 0.322. The van der Waals surface area contributed by atoms with Crippen LogP contribution in [-0.4, -0.2) is 22.9 Å². The molecule has 0 fully saturated rings. The average molecular weight is 343 g/mol. The van der Waals surface area contributed by atoms with E-state index in [0.29, 0.717) is 6.42 Å². The van der Waals surface area contributed by atoms with Gasteiger partial charge in [0.2, 0.25) is 0 Å². The first-order valence-corrected chi connectivity index (χ1v) is 9.36. The van der Waals surface area contributed by atoms with Crippen molar-refractivity contribution in [3.63, 3.8) is 0 Å². The minimum Gasteiger partial charge on any atom is -0.481 e. The maximum Gasteiger partial charge on any atom is 0.303 e. The van der Waals surface area contributed by atoms with Crippen molar-refractivity contribution in [1.82, 2.24) is 5.32 Å². The zero-order valence-corrected chi connectivity index (χ0v) is 14.9. The van der Waals surface area contributed by atoms with Gasteiger partial charge in [-0.3, -0.25) is 4.79 Å². The van der Waals surface area contributed by atoms with Gasteiger partial charge in [0.25, 0.3) is 0 Å². The van der Waals surface area contributed by atoms with E-state index < -0.39 is 5.97 Å². The van der Waals surface area contributed by atoms with Crippen LogP contribution in [0.5, 0.6) is 0 Å². The monoisotopic (exact) mass is 343 g/mol. The van der Waals surface area contributed by atoms with E-state index in [-0.39, 0.29) is 12.5 Å². The summed E-state index contributed by atoms with van der Waals surface area (Å²) in [6.45, 7) is 2.91. The fraction of sp³-hybridized carbons (Fsp3) is 0.350. The van der Waals surface area contributed by atoms with Crippen LogP contribution in [0, 0.1) is 0 Å². The van der Waals surface area contributed by atoms with Crippen LogP contribution in [0.25, 0.3) is 0 Å². The molecule has 24 heavy (non-hydrogen) atoms. The average Bonchev–Trinajstić information content (AvgIpc) is 2.59. The van der Waals surface area contributed by atoms with E-state index in [4.69, 9.17) is 5.11 Å². The van der Waals surface area contributed by atoms with E-state index in [2.05, 4.69) is 48.6 Å². The summed E-state index contributed by atoms with van der Waals surface area (Å²) in [6.07, 6.45) is 1.67.